The number of para-hydroxylation sites is 1. The molecule has 0 aliphatic heterocycles. The van der Waals surface area contributed by atoms with Crippen molar-refractivity contribution in [2.24, 2.45) is 5.14 Å². The molecule has 3 N–H and O–H groups in total. The molecule has 0 bridgehead atoms. The second-order valence-electron chi connectivity index (χ2n) is 6.94. The molecule has 32 heavy (non-hydrogen) atoms. The molecule has 0 radical (unpaired) electrons. The highest BCUT2D eigenvalue weighted by Gasteiger charge is 2.13. The number of amides is 1. The van der Waals surface area contributed by atoms with Crippen LogP contribution in [0.3, 0.4) is 0 Å². The van der Waals surface area contributed by atoms with E-state index in [1.165, 1.54) is 28.5 Å². The van der Waals surface area contributed by atoms with Gasteiger partial charge in [0.2, 0.25) is 15.9 Å². The Labute approximate surface area is 190 Å². The number of primary sulfonamides is 1. The minimum absolute atomic E-state index is 0.0455. The van der Waals surface area contributed by atoms with Gasteiger partial charge in [0, 0.05) is 13.7 Å². The van der Waals surface area contributed by atoms with E-state index in [1.54, 1.807) is 37.4 Å². The lowest BCUT2D eigenvalue weighted by atomic mass is 10.1. The number of carbonyl (C=O) groups excluding carboxylic acids is 1. The second-order valence-corrected chi connectivity index (χ2v) is 9.44. The average molecular weight is 477 g/mol. The Morgan fingerprint density at radius 2 is 1.91 bits per heavy atom. The van der Waals surface area contributed by atoms with Gasteiger partial charge >= 0.3 is 0 Å². The molecule has 9 nitrogen and oxygen atoms in total. The summed E-state index contributed by atoms with van der Waals surface area (Å²) in [6, 6.07) is 13.3. The third-order valence-corrected chi connectivity index (χ3v) is 6.57. The molecular weight excluding hydrogens is 452 g/mol. The van der Waals surface area contributed by atoms with Crippen LogP contribution in [0.15, 0.2) is 63.4 Å². The highest BCUT2D eigenvalue weighted by molar-refractivity contribution is 7.99. The summed E-state index contributed by atoms with van der Waals surface area (Å²) in [5.74, 6) is -0.0980. The van der Waals surface area contributed by atoms with Crippen LogP contribution in [-0.4, -0.2) is 49.9 Å². The number of fused-ring (bicyclic) bond motifs is 1. The standard InChI is InChI=1S/C21H24N4O5S2/c1-30-13-12-25-20(27)17-4-2-3-5-18(17)24-21(25)31-14-19(26)23-11-10-15-6-8-16(9-7-15)32(22,28)29/h2-9H,10-14H2,1H3,(H,23,26)(H2,22,28,29). The van der Waals surface area contributed by atoms with E-state index in [9.17, 15) is 18.0 Å². The fourth-order valence-electron chi connectivity index (χ4n) is 3.01. The van der Waals surface area contributed by atoms with Gasteiger partial charge in [-0.25, -0.2) is 18.5 Å². The van der Waals surface area contributed by atoms with Crippen LogP contribution in [0.25, 0.3) is 10.9 Å². The fraction of sp³-hybridized carbons (Fsp3) is 0.286. The molecule has 0 aliphatic carbocycles. The van der Waals surface area contributed by atoms with E-state index in [2.05, 4.69) is 10.3 Å². The number of sulfonamides is 1. The van der Waals surface area contributed by atoms with Gasteiger partial charge in [0.25, 0.3) is 5.56 Å². The summed E-state index contributed by atoms with van der Waals surface area (Å²) in [6.07, 6.45) is 0.536. The first kappa shape index (κ1) is 23.9. The summed E-state index contributed by atoms with van der Waals surface area (Å²) >= 11 is 1.19. The number of rotatable bonds is 10. The maximum atomic E-state index is 12.8. The van der Waals surface area contributed by atoms with Crippen LogP contribution in [0.2, 0.25) is 0 Å². The molecule has 3 rings (SSSR count). The van der Waals surface area contributed by atoms with Crippen molar-refractivity contribution < 1.29 is 17.9 Å². The number of aromatic nitrogens is 2. The molecule has 0 spiro atoms. The summed E-state index contributed by atoms with van der Waals surface area (Å²) < 4.78 is 29.2. The number of nitrogens with zero attached hydrogens (tertiary/aromatic N) is 2. The van der Waals surface area contributed by atoms with Crippen LogP contribution in [-0.2, 0) is 32.5 Å². The van der Waals surface area contributed by atoms with E-state index < -0.39 is 10.0 Å². The van der Waals surface area contributed by atoms with Gasteiger partial charge in [0.15, 0.2) is 5.16 Å². The topological polar surface area (TPSA) is 133 Å². The first-order chi connectivity index (χ1) is 15.3. The predicted molar refractivity (Wildman–Crippen MR) is 123 cm³/mol. The number of ether oxygens (including phenoxy) is 1. The minimum atomic E-state index is -3.72. The zero-order chi connectivity index (χ0) is 23.1. The van der Waals surface area contributed by atoms with Crippen LogP contribution >= 0.6 is 11.8 Å². The molecule has 0 fully saturated rings. The van der Waals surface area contributed by atoms with Crippen LogP contribution in [0.4, 0.5) is 0 Å². The van der Waals surface area contributed by atoms with Crippen LogP contribution in [0, 0.1) is 0 Å². The van der Waals surface area contributed by atoms with Crippen molar-refractivity contribution >= 4 is 38.6 Å². The fourth-order valence-corrected chi connectivity index (χ4v) is 4.38. The number of hydrogen-bond donors (Lipinski definition) is 2. The minimum Gasteiger partial charge on any atom is -0.383 e. The summed E-state index contributed by atoms with van der Waals surface area (Å²) in [4.78, 5) is 29.7. The number of nitrogens with one attached hydrogen (secondary N) is 1. The van der Waals surface area contributed by atoms with Gasteiger partial charge in [0.1, 0.15) is 0 Å². The number of benzene rings is 2. The van der Waals surface area contributed by atoms with Crippen molar-refractivity contribution in [2.45, 2.75) is 23.0 Å². The number of nitrogens with two attached hydrogens (primary N) is 1. The largest absolute Gasteiger partial charge is 0.383 e. The third-order valence-electron chi connectivity index (χ3n) is 4.67. The van der Waals surface area contributed by atoms with E-state index in [0.29, 0.717) is 42.2 Å². The van der Waals surface area contributed by atoms with Gasteiger partial charge in [-0.15, -0.1) is 0 Å². The monoisotopic (exact) mass is 476 g/mol. The lowest BCUT2D eigenvalue weighted by molar-refractivity contribution is -0.118. The molecule has 0 atom stereocenters. The highest BCUT2D eigenvalue weighted by atomic mass is 32.2. The predicted octanol–water partition coefficient (Wildman–Crippen LogP) is 1.14. The summed E-state index contributed by atoms with van der Waals surface area (Å²) in [5.41, 5.74) is 1.28. The van der Waals surface area contributed by atoms with E-state index in [1.807, 2.05) is 6.07 Å². The molecular formula is C21H24N4O5S2. The van der Waals surface area contributed by atoms with E-state index in [0.717, 1.165) is 5.56 Å². The van der Waals surface area contributed by atoms with Crippen molar-refractivity contribution in [1.82, 2.24) is 14.9 Å². The number of methoxy groups -OCH3 is 1. The van der Waals surface area contributed by atoms with Gasteiger partial charge in [-0.05, 0) is 36.2 Å². The lowest BCUT2D eigenvalue weighted by Gasteiger charge is -2.12. The van der Waals surface area contributed by atoms with Crippen molar-refractivity contribution in [2.75, 3.05) is 26.0 Å². The van der Waals surface area contributed by atoms with E-state index in [-0.39, 0.29) is 22.1 Å². The number of carbonyl (C=O) groups is 1. The van der Waals surface area contributed by atoms with Crippen molar-refractivity contribution in [3.8, 4) is 0 Å². The molecule has 11 heteroatoms. The third kappa shape index (κ3) is 6.16. The van der Waals surface area contributed by atoms with E-state index in [4.69, 9.17) is 9.88 Å². The molecule has 1 amide bonds. The van der Waals surface area contributed by atoms with Crippen molar-refractivity contribution in [3.05, 3.63) is 64.4 Å². The summed E-state index contributed by atoms with van der Waals surface area (Å²) in [6.45, 7) is 1.07. The van der Waals surface area contributed by atoms with Crippen LogP contribution in [0.1, 0.15) is 5.56 Å². The zero-order valence-corrected chi connectivity index (χ0v) is 19.1. The Hall–Kier alpha value is -2.73. The zero-order valence-electron chi connectivity index (χ0n) is 17.5. The van der Waals surface area contributed by atoms with E-state index >= 15 is 0 Å². The second kappa shape index (κ2) is 10.7. The maximum absolute atomic E-state index is 12.8. The number of hydrogen-bond acceptors (Lipinski definition) is 7. The molecule has 170 valence electrons. The van der Waals surface area contributed by atoms with Crippen molar-refractivity contribution in [3.63, 3.8) is 0 Å². The Bertz CT molecular complexity index is 1260. The molecule has 1 heterocycles. The van der Waals surface area contributed by atoms with Gasteiger partial charge in [-0.2, -0.15) is 0 Å². The average Bonchev–Trinajstić information content (AvgIpc) is 2.77. The molecule has 0 saturated carbocycles. The van der Waals surface area contributed by atoms with Gasteiger partial charge in [-0.1, -0.05) is 36.0 Å². The molecule has 3 aromatic rings. The summed E-state index contributed by atoms with van der Waals surface area (Å²) in [5, 5.41) is 8.88. The van der Waals surface area contributed by atoms with Gasteiger partial charge < -0.3 is 10.1 Å². The Morgan fingerprint density at radius 1 is 1.19 bits per heavy atom. The molecule has 2 aromatic carbocycles. The number of thioether (sulfide) groups is 1. The van der Waals surface area contributed by atoms with Gasteiger partial charge in [0.05, 0.1) is 34.7 Å². The Balaban J connectivity index is 1.60. The molecule has 0 saturated heterocycles. The first-order valence-corrected chi connectivity index (χ1v) is 12.3. The van der Waals surface area contributed by atoms with Crippen LogP contribution in [0.5, 0.6) is 0 Å². The smallest absolute Gasteiger partial charge is 0.262 e. The van der Waals surface area contributed by atoms with Crippen LogP contribution < -0.4 is 16.0 Å². The quantitative estimate of drug-likeness (QED) is 0.331. The SMILES string of the molecule is COCCn1c(SCC(=O)NCCc2ccc(S(N)(=O)=O)cc2)nc2ccccc2c1=O. The van der Waals surface area contributed by atoms with Gasteiger partial charge in [-0.3, -0.25) is 14.2 Å². The summed E-state index contributed by atoms with van der Waals surface area (Å²) in [7, 11) is -2.17. The normalized spacial score (nSPS) is 11.6. The molecule has 0 aliphatic rings. The maximum Gasteiger partial charge on any atom is 0.262 e. The Morgan fingerprint density at radius 3 is 2.59 bits per heavy atom. The molecule has 0 unspecified atom stereocenters. The highest BCUT2D eigenvalue weighted by Crippen LogP contribution is 2.17. The molecule has 1 aromatic heterocycles. The lowest BCUT2D eigenvalue weighted by Crippen LogP contribution is -2.29. The Kier molecular flexibility index (Phi) is 8.02. The first-order valence-electron chi connectivity index (χ1n) is 9.79. The van der Waals surface area contributed by atoms with Crippen molar-refractivity contribution in [1.29, 1.82) is 0 Å².